The number of hydrogen-bond acceptors (Lipinski definition) is 7. The van der Waals surface area contributed by atoms with Gasteiger partial charge in [0, 0.05) is 30.6 Å². The summed E-state index contributed by atoms with van der Waals surface area (Å²) in [6, 6.07) is 7.55. The topological polar surface area (TPSA) is 125 Å². The fourth-order valence-electron chi connectivity index (χ4n) is 3.92. The number of carbonyl (C=O) groups excluding carboxylic acids is 1. The number of sulfone groups is 1. The monoisotopic (exact) mass is 462 g/mol. The van der Waals surface area contributed by atoms with E-state index in [0.29, 0.717) is 24.0 Å². The summed E-state index contributed by atoms with van der Waals surface area (Å²) < 4.78 is 22.5. The number of oxime groups is 1. The summed E-state index contributed by atoms with van der Waals surface area (Å²) in [7, 11) is -3.81. The van der Waals surface area contributed by atoms with E-state index in [1.165, 1.54) is 12.4 Å². The van der Waals surface area contributed by atoms with E-state index >= 15 is 0 Å². The van der Waals surface area contributed by atoms with Gasteiger partial charge in [-0.15, -0.1) is 0 Å². The number of rotatable bonds is 6. The van der Waals surface area contributed by atoms with Gasteiger partial charge in [-0.1, -0.05) is 29.1 Å². The van der Waals surface area contributed by atoms with Gasteiger partial charge in [-0.3, -0.25) is 10.0 Å². The van der Waals surface area contributed by atoms with Crippen molar-refractivity contribution in [3.05, 3.63) is 35.4 Å². The molecule has 0 spiro atoms. The second kappa shape index (κ2) is 8.85. The normalized spacial score (nSPS) is 24.8. The fourth-order valence-corrected chi connectivity index (χ4v) is 4.79. The van der Waals surface area contributed by atoms with Gasteiger partial charge in [0.2, 0.25) is 0 Å². The second-order valence-corrected chi connectivity index (χ2v) is 11.9. The van der Waals surface area contributed by atoms with Crippen LogP contribution in [-0.2, 0) is 19.5 Å². The van der Waals surface area contributed by atoms with E-state index in [2.05, 4.69) is 17.0 Å². The first-order valence-corrected chi connectivity index (χ1v) is 12.4. The summed E-state index contributed by atoms with van der Waals surface area (Å²) in [5, 5.41) is 23.0. The summed E-state index contributed by atoms with van der Waals surface area (Å²) in [4.78, 5) is 17.4. The number of hydroxylamine groups is 1. The molecule has 1 amide bonds. The Morgan fingerprint density at radius 2 is 1.88 bits per heavy atom. The molecule has 0 unspecified atom stereocenters. The molecule has 1 aliphatic carbocycles. The third-order valence-corrected chi connectivity index (χ3v) is 8.52. The third-order valence-electron chi connectivity index (χ3n) is 6.53. The Labute approximate surface area is 188 Å². The third kappa shape index (κ3) is 5.14. The lowest BCUT2D eigenvalue weighted by Gasteiger charge is -2.40. The van der Waals surface area contributed by atoms with Crippen LogP contribution in [0.4, 0.5) is 0 Å². The predicted molar refractivity (Wildman–Crippen MR) is 120 cm³/mol. The minimum absolute atomic E-state index is 0.137. The summed E-state index contributed by atoms with van der Waals surface area (Å²) >= 11 is 0. The van der Waals surface area contributed by atoms with Crippen LogP contribution in [-0.4, -0.2) is 53.1 Å². The molecule has 0 aromatic heterocycles. The van der Waals surface area contributed by atoms with E-state index in [-0.39, 0.29) is 6.42 Å². The highest BCUT2D eigenvalue weighted by molar-refractivity contribution is 7.92. The Hall–Kier alpha value is -2.41. The van der Waals surface area contributed by atoms with Crippen molar-refractivity contribution < 1.29 is 28.4 Å². The van der Waals surface area contributed by atoms with E-state index in [4.69, 9.17) is 10.0 Å². The Bertz CT molecular complexity index is 1060. The van der Waals surface area contributed by atoms with Gasteiger partial charge in [0.15, 0.2) is 14.6 Å². The molecule has 0 saturated heterocycles. The van der Waals surface area contributed by atoms with Crippen LogP contribution in [0.3, 0.4) is 0 Å². The van der Waals surface area contributed by atoms with Crippen LogP contribution in [0.25, 0.3) is 0 Å². The molecular weight excluding hydrogens is 432 g/mol. The van der Waals surface area contributed by atoms with Crippen LogP contribution in [0.5, 0.6) is 0 Å². The van der Waals surface area contributed by atoms with Crippen LogP contribution in [0.2, 0.25) is 0 Å². The smallest absolute Gasteiger partial charge is 0.264 e. The standard InChI is InChI=1S/C23H30N2O6S/c1-22(2,27)18-11-16(12-18)6-5-15-7-9-17(10-8-15)20-13-19(31-25-20)14-23(3,21(26)24-28)32(4,29)30/h7-10,16,18-19,27-28H,11-14H2,1-4H3,(H,24,26)/t16-,18+,19-,23-/m1/s1. The minimum Gasteiger partial charge on any atom is -0.392 e. The van der Waals surface area contributed by atoms with Gasteiger partial charge in [0.05, 0.1) is 11.3 Å². The van der Waals surface area contributed by atoms with Gasteiger partial charge in [-0.05, 0) is 57.2 Å². The molecule has 2 atom stereocenters. The number of amides is 1. The average molecular weight is 463 g/mol. The van der Waals surface area contributed by atoms with Crippen molar-refractivity contribution in [1.82, 2.24) is 5.48 Å². The average Bonchev–Trinajstić information content (AvgIpc) is 3.12. The van der Waals surface area contributed by atoms with E-state index in [9.17, 15) is 18.3 Å². The Balaban J connectivity index is 1.59. The van der Waals surface area contributed by atoms with Gasteiger partial charge < -0.3 is 9.94 Å². The molecule has 3 rings (SSSR count). The van der Waals surface area contributed by atoms with E-state index in [1.807, 2.05) is 38.1 Å². The Kier molecular flexibility index (Phi) is 6.70. The van der Waals surface area contributed by atoms with Gasteiger partial charge in [-0.25, -0.2) is 13.9 Å². The Morgan fingerprint density at radius 1 is 1.25 bits per heavy atom. The molecule has 174 valence electrons. The number of aliphatic hydroxyl groups is 1. The first kappa shape index (κ1) is 24.2. The molecule has 1 saturated carbocycles. The number of nitrogens with zero attached hydrogens (tertiary/aromatic N) is 1. The molecule has 3 N–H and O–H groups in total. The van der Waals surface area contributed by atoms with Crippen LogP contribution in [0.1, 0.15) is 57.6 Å². The van der Waals surface area contributed by atoms with Crippen molar-refractivity contribution in [3.8, 4) is 11.8 Å². The highest BCUT2D eigenvalue weighted by atomic mass is 32.2. The van der Waals surface area contributed by atoms with Crippen LogP contribution in [0.15, 0.2) is 29.4 Å². The quantitative estimate of drug-likeness (QED) is 0.337. The maximum Gasteiger partial charge on any atom is 0.264 e. The summed E-state index contributed by atoms with van der Waals surface area (Å²) in [5.74, 6) is 6.03. The van der Waals surface area contributed by atoms with Crippen molar-refractivity contribution in [3.63, 3.8) is 0 Å². The van der Waals surface area contributed by atoms with Crippen molar-refractivity contribution in [2.45, 2.75) is 62.9 Å². The van der Waals surface area contributed by atoms with Gasteiger partial charge in [0.25, 0.3) is 5.91 Å². The number of carbonyl (C=O) groups is 1. The zero-order valence-corrected chi connectivity index (χ0v) is 19.6. The lowest BCUT2D eigenvalue weighted by atomic mass is 9.68. The fraction of sp³-hybridized carbons (Fsp3) is 0.565. The highest BCUT2D eigenvalue weighted by Crippen LogP contribution is 2.40. The molecule has 9 heteroatoms. The largest absolute Gasteiger partial charge is 0.392 e. The molecule has 1 aliphatic heterocycles. The van der Waals surface area contributed by atoms with Crippen molar-refractivity contribution >= 4 is 21.5 Å². The van der Waals surface area contributed by atoms with E-state index < -0.39 is 32.2 Å². The lowest BCUT2D eigenvalue weighted by Crippen LogP contribution is -2.51. The van der Waals surface area contributed by atoms with E-state index in [1.54, 1.807) is 0 Å². The molecule has 8 nitrogen and oxygen atoms in total. The molecule has 1 aromatic rings. The molecular formula is C23H30N2O6S. The molecule has 32 heavy (non-hydrogen) atoms. The Morgan fingerprint density at radius 3 is 2.41 bits per heavy atom. The number of benzene rings is 1. The molecule has 0 bridgehead atoms. The zero-order valence-electron chi connectivity index (χ0n) is 18.8. The van der Waals surface area contributed by atoms with E-state index in [0.717, 1.165) is 30.2 Å². The van der Waals surface area contributed by atoms with Gasteiger partial charge >= 0.3 is 0 Å². The van der Waals surface area contributed by atoms with Crippen molar-refractivity contribution in [1.29, 1.82) is 0 Å². The number of nitrogens with one attached hydrogen (secondary N) is 1. The SMILES string of the molecule is CC(C)(O)[C@H]1C[C@@H](C#Cc2ccc(C3=NO[C@@H](C[C@](C)(C(=O)NO)S(C)(=O)=O)C3)cc2)C1. The lowest BCUT2D eigenvalue weighted by molar-refractivity contribution is -0.132. The summed E-state index contributed by atoms with van der Waals surface area (Å²) in [5.41, 5.74) is 3.15. The van der Waals surface area contributed by atoms with Gasteiger partial charge in [0.1, 0.15) is 6.10 Å². The maximum absolute atomic E-state index is 12.1. The molecule has 1 heterocycles. The maximum atomic E-state index is 12.1. The van der Waals surface area contributed by atoms with Crippen LogP contribution >= 0.6 is 0 Å². The minimum atomic E-state index is -3.81. The van der Waals surface area contributed by atoms with Gasteiger partial charge in [-0.2, -0.15) is 0 Å². The van der Waals surface area contributed by atoms with Crippen molar-refractivity contribution in [2.24, 2.45) is 17.0 Å². The molecule has 0 radical (unpaired) electrons. The second-order valence-electron chi connectivity index (χ2n) is 9.48. The van der Waals surface area contributed by atoms with Crippen LogP contribution in [0, 0.1) is 23.7 Å². The summed E-state index contributed by atoms with van der Waals surface area (Å²) in [6.45, 7) is 4.93. The van der Waals surface area contributed by atoms with Crippen molar-refractivity contribution in [2.75, 3.05) is 6.26 Å². The molecule has 2 aliphatic rings. The predicted octanol–water partition coefficient (Wildman–Crippen LogP) is 2.03. The summed E-state index contributed by atoms with van der Waals surface area (Å²) in [6.07, 6.45) is 2.36. The molecule has 1 aromatic carbocycles. The van der Waals surface area contributed by atoms with Crippen LogP contribution < -0.4 is 5.48 Å². The first-order chi connectivity index (χ1) is 14.8. The molecule has 1 fully saturated rings. The first-order valence-electron chi connectivity index (χ1n) is 10.5. The highest BCUT2D eigenvalue weighted by Gasteiger charge is 2.47. The zero-order chi connectivity index (χ0) is 23.7. The number of hydrogen-bond donors (Lipinski definition) is 3.